The molecule has 1 nitrogen and oxygen atoms in total. The number of hydrogen-bond acceptors (Lipinski definition) is 1. The van der Waals surface area contributed by atoms with Gasteiger partial charge in [0.1, 0.15) is 0 Å². The van der Waals surface area contributed by atoms with Crippen LogP contribution in [0.25, 0.3) is 0 Å². The first-order chi connectivity index (χ1) is 7.29. The highest BCUT2D eigenvalue weighted by molar-refractivity contribution is 6.81. The van der Waals surface area contributed by atoms with Crippen LogP contribution in [-0.2, 0) is 6.04 Å². The minimum Gasteiger partial charge on any atom is -0.386 e. The van der Waals surface area contributed by atoms with Gasteiger partial charge in [-0.05, 0) is 19.9 Å². The van der Waals surface area contributed by atoms with Gasteiger partial charge in [-0.1, -0.05) is 60.8 Å². The van der Waals surface area contributed by atoms with E-state index in [0.717, 1.165) is 6.04 Å². The number of benzene rings is 1. The van der Waals surface area contributed by atoms with Crippen molar-refractivity contribution >= 4 is 8.07 Å². The van der Waals surface area contributed by atoms with Crippen LogP contribution in [-0.4, -0.2) is 18.8 Å². The molecule has 0 fully saturated rings. The van der Waals surface area contributed by atoms with E-state index in [-0.39, 0.29) is 0 Å². The number of hydrogen-bond donors (Lipinski definition) is 1. The average molecular weight is 234 g/mol. The molecule has 1 N–H and O–H groups in total. The Morgan fingerprint density at radius 3 is 2.25 bits per heavy atom. The molecule has 0 aliphatic rings. The molecule has 1 aromatic rings. The quantitative estimate of drug-likeness (QED) is 0.792. The summed E-state index contributed by atoms with van der Waals surface area (Å²) < 4.78 is 0. The summed E-state index contributed by atoms with van der Waals surface area (Å²) >= 11 is 0. The molecular formula is C14H22OSi. The van der Waals surface area contributed by atoms with Crippen LogP contribution < -0.4 is 0 Å². The van der Waals surface area contributed by atoms with Crippen molar-refractivity contribution in [1.82, 2.24) is 0 Å². The van der Waals surface area contributed by atoms with Gasteiger partial charge in [-0.3, -0.25) is 0 Å². The minimum absolute atomic E-state index is 0.693. The van der Waals surface area contributed by atoms with Crippen LogP contribution >= 0.6 is 0 Å². The summed E-state index contributed by atoms with van der Waals surface area (Å²) in [4.78, 5) is 0. The van der Waals surface area contributed by atoms with Crippen molar-refractivity contribution in [2.45, 2.75) is 38.6 Å². The molecule has 0 unspecified atom stereocenters. The molecule has 1 aromatic carbocycles. The van der Waals surface area contributed by atoms with Gasteiger partial charge < -0.3 is 5.11 Å². The van der Waals surface area contributed by atoms with Crippen LogP contribution in [0.2, 0.25) is 13.1 Å². The molecule has 0 spiro atoms. The molecule has 0 aliphatic heterocycles. The maximum Gasteiger partial charge on any atom is 0.0768 e. The lowest BCUT2D eigenvalue weighted by molar-refractivity contribution is 0.133. The van der Waals surface area contributed by atoms with Crippen molar-refractivity contribution in [1.29, 1.82) is 0 Å². The molecule has 88 valence electrons. The molecule has 0 saturated heterocycles. The average Bonchev–Trinajstić information content (AvgIpc) is 2.15. The third-order valence-electron chi connectivity index (χ3n) is 2.44. The van der Waals surface area contributed by atoms with Gasteiger partial charge >= 0.3 is 0 Å². The fourth-order valence-electron chi connectivity index (χ4n) is 1.61. The smallest absolute Gasteiger partial charge is 0.0768 e. The Morgan fingerprint density at radius 1 is 1.19 bits per heavy atom. The van der Waals surface area contributed by atoms with Crippen molar-refractivity contribution in [2.24, 2.45) is 0 Å². The number of rotatable bonds is 4. The molecule has 1 rings (SSSR count). The SMILES string of the molecule is CC(C)(O)/C=C/[Si](C)(C)Cc1ccccc1. The molecule has 0 bridgehead atoms. The summed E-state index contributed by atoms with van der Waals surface area (Å²) in [6, 6.07) is 11.7. The third kappa shape index (κ3) is 5.28. The summed E-state index contributed by atoms with van der Waals surface area (Å²) in [6.07, 6.45) is 1.93. The Bertz CT molecular complexity index is 347. The molecule has 2 heteroatoms. The Kier molecular flexibility index (Phi) is 4.11. The fourth-order valence-corrected chi connectivity index (χ4v) is 3.88. The molecule has 16 heavy (non-hydrogen) atoms. The van der Waals surface area contributed by atoms with E-state index in [0.29, 0.717) is 0 Å². The molecule has 0 radical (unpaired) electrons. The Morgan fingerprint density at radius 2 is 1.75 bits per heavy atom. The predicted octanol–water partition coefficient (Wildman–Crippen LogP) is 3.34. The van der Waals surface area contributed by atoms with Crippen molar-refractivity contribution in [3.63, 3.8) is 0 Å². The molecule has 0 saturated carbocycles. The van der Waals surface area contributed by atoms with E-state index in [9.17, 15) is 5.11 Å². The zero-order valence-corrected chi connectivity index (χ0v) is 11.7. The predicted molar refractivity (Wildman–Crippen MR) is 73.1 cm³/mol. The summed E-state index contributed by atoms with van der Waals surface area (Å²) in [5.74, 6) is 0. The van der Waals surface area contributed by atoms with Gasteiger partial charge in [0.2, 0.25) is 0 Å². The van der Waals surface area contributed by atoms with Crippen molar-refractivity contribution in [3.05, 3.63) is 47.7 Å². The lowest BCUT2D eigenvalue weighted by Gasteiger charge is -2.20. The first-order valence-corrected chi connectivity index (χ1v) is 9.04. The van der Waals surface area contributed by atoms with Gasteiger partial charge in [-0.15, -0.1) is 0 Å². The van der Waals surface area contributed by atoms with Gasteiger partial charge in [-0.2, -0.15) is 0 Å². The van der Waals surface area contributed by atoms with Crippen molar-refractivity contribution in [2.75, 3.05) is 0 Å². The standard InChI is InChI=1S/C14H22OSi/c1-14(2,15)10-11-16(3,4)12-13-8-6-5-7-9-13/h5-11,15H,12H2,1-4H3/b11-10+. The number of aliphatic hydroxyl groups is 1. The lowest BCUT2D eigenvalue weighted by Crippen LogP contribution is -2.28. The van der Waals surface area contributed by atoms with E-state index in [4.69, 9.17) is 0 Å². The van der Waals surface area contributed by atoms with Crippen molar-refractivity contribution < 1.29 is 5.11 Å². The summed E-state index contributed by atoms with van der Waals surface area (Å²) in [6.45, 7) is 8.28. The van der Waals surface area contributed by atoms with E-state index < -0.39 is 13.7 Å². The van der Waals surface area contributed by atoms with Gasteiger partial charge in [-0.25, -0.2) is 0 Å². The molecule has 0 atom stereocenters. The first-order valence-electron chi connectivity index (χ1n) is 5.75. The second kappa shape index (κ2) is 4.98. The molecule has 0 heterocycles. The fraction of sp³-hybridized carbons (Fsp3) is 0.429. The third-order valence-corrected chi connectivity index (χ3v) is 4.83. The Labute approximate surface area is 99.8 Å². The molecule has 0 aromatic heterocycles. The monoisotopic (exact) mass is 234 g/mol. The van der Waals surface area contributed by atoms with Crippen LogP contribution in [0.3, 0.4) is 0 Å². The maximum atomic E-state index is 9.68. The van der Waals surface area contributed by atoms with E-state index in [2.05, 4.69) is 43.1 Å². The van der Waals surface area contributed by atoms with Crippen LogP contribution in [0.1, 0.15) is 19.4 Å². The maximum absolute atomic E-state index is 9.68. The van der Waals surface area contributed by atoms with Gasteiger partial charge in [0.05, 0.1) is 13.7 Å². The topological polar surface area (TPSA) is 20.2 Å². The zero-order chi connectivity index (χ0) is 12.2. The van der Waals surface area contributed by atoms with Crippen LogP contribution in [0.4, 0.5) is 0 Å². The summed E-state index contributed by atoms with van der Waals surface area (Å²) in [5, 5.41) is 9.68. The van der Waals surface area contributed by atoms with Gasteiger partial charge in [0.25, 0.3) is 0 Å². The second-order valence-electron chi connectivity index (χ2n) is 5.64. The van der Waals surface area contributed by atoms with Gasteiger partial charge in [0, 0.05) is 0 Å². The second-order valence-corrected chi connectivity index (χ2v) is 10.3. The van der Waals surface area contributed by atoms with Crippen LogP contribution in [0.15, 0.2) is 42.1 Å². The minimum atomic E-state index is -1.39. The van der Waals surface area contributed by atoms with E-state index in [1.165, 1.54) is 5.56 Å². The Balaban J connectivity index is 2.69. The molecule has 0 amide bonds. The normalized spacial score (nSPS) is 13.3. The van der Waals surface area contributed by atoms with E-state index in [1.54, 1.807) is 0 Å². The van der Waals surface area contributed by atoms with Gasteiger partial charge in [0.15, 0.2) is 0 Å². The van der Waals surface area contributed by atoms with Crippen LogP contribution in [0.5, 0.6) is 0 Å². The lowest BCUT2D eigenvalue weighted by atomic mass is 10.1. The van der Waals surface area contributed by atoms with Crippen LogP contribution in [0, 0.1) is 0 Å². The van der Waals surface area contributed by atoms with E-state index in [1.807, 2.05) is 26.0 Å². The highest BCUT2D eigenvalue weighted by Crippen LogP contribution is 2.15. The first kappa shape index (κ1) is 13.2. The largest absolute Gasteiger partial charge is 0.386 e. The van der Waals surface area contributed by atoms with E-state index >= 15 is 0 Å². The highest BCUT2D eigenvalue weighted by Gasteiger charge is 2.19. The molecular weight excluding hydrogens is 212 g/mol. The van der Waals surface area contributed by atoms with Crippen molar-refractivity contribution in [3.8, 4) is 0 Å². The summed E-state index contributed by atoms with van der Waals surface area (Å²) in [5.41, 5.74) is 2.93. The zero-order valence-electron chi connectivity index (χ0n) is 10.7. The summed E-state index contributed by atoms with van der Waals surface area (Å²) in [7, 11) is -1.39. The molecule has 0 aliphatic carbocycles. The Hall–Kier alpha value is -0.863. The highest BCUT2D eigenvalue weighted by atomic mass is 28.3.